The van der Waals surface area contributed by atoms with Crippen LogP contribution in [0.15, 0.2) is 27.9 Å². The van der Waals surface area contributed by atoms with Gasteiger partial charge in [-0.05, 0) is 55.2 Å². The van der Waals surface area contributed by atoms with E-state index in [4.69, 9.17) is 0 Å². The molecule has 3 atom stereocenters. The molecule has 1 aromatic carbocycles. The Kier molecular flexibility index (Phi) is 3.62. The average Bonchev–Trinajstić information content (AvgIpc) is 3.21. The van der Waals surface area contributed by atoms with Gasteiger partial charge < -0.3 is 4.57 Å². The van der Waals surface area contributed by atoms with Gasteiger partial charge in [-0.1, -0.05) is 17.8 Å². The Labute approximate surface area is 139 Å². The topological polar surface area (TPSA) is 68.2 Å². The summed E-state index contributed by atoms with van der Waals surface area (Å²) >= 11 is 1.08. The third kappa shape index (κ3) is 2.64. The second-order valence-corrected chi connectivity index (χ2v) is 9.60. The number of hydrogen-bond donors (Lipinski definition) is 1. The normalized spacial score (nSPS) is 27.1. The lowest BCUT2D eigenvalue weighted by Crippen LogP contribution is -2.31. The molecule has 2 fully saturated rings. The maximum Gasteiger partial charge on any atom is 0.307 e. The van der Waals surface area contributed by atoms with E-state index in [2.05, 4.69) is 4.72 Å². The number of fused-ring (bicyclic) bond motifs is 3. The van der Waals surface area contributed by atoms with Gasteiger partial charge >= 0.3 is 4.87 Å². The fourth-order valence-corrected chi connectivity index (χ4v) is 6.32. The lowest BCUT2D eigenvalue weighted by atomic mass is 9.89. The predicted molar refractivity (Wildman–Crippen MR) is 91.2 cm³/mol. The fourth-order valence-electron chi connectivity index (χ4n) is 4.21. The molecule has 0 spiro atoms. The van der Waals surface area contributed by atoms with Crippen LogP contribution in [0.4, 0.5) is 0 Å². The summed E-state index contributed by atoms with van der Waals surface area (Å²) in [7, 11) is -1.82. The third-order valence-electron chi connectivity index (χ3n) is 5.49. The van der Waals surface area contributed by atoms with Crippen LogP contribution >= 0.6 is 11.3 Å². The van der Waals surface area contributed by atoms with Crippen LogP contribution in [0.25, 0.3) is 10.2 Å². The van der Waals surface area contributed by atoms with Gasteiger partial charge in [-0.2, -0.15) is 0 Å². The second-order valence-electron chi connectivity index (χ2n) is 6.84. The van der Waals surface area contributed by atoms with Crippen molar-refractivity contribution >= 4 is 31.6 Å². The van der Waals surface area contributed by atoms with Gasteiger partial charge in [-0.15, -0.1) is 0 Å². The number of sulfonamides is 1. The van der Waals surface area contributed by atoms with Crippen molar-refractivity contribution in [2.24, 2.45) is 24.8 Å². The fraction of sp³-hybridized carbons (Fsp3) is 0.562. The van der Waals surface area contributed by atoms with Gasteiger partial charge in [0, 0.05) is 13.6 Å². The van der Waals surface area contributed by atoms with Crippen molar-refractivity contribution in [3.63, 3.8) is 0 Å². The van der Waals surface area contributed by atoms with E-state index in [-0.39, 0.29) is 9.77 Å². The molecule has 5 nitrogen and oxygen atoms in total. The Hall–Kier alpha value is -1.18. The summed E-state index contributed by atoms with van der Waals surface area (Å²) in [5.41, 5.74) is 0.770. The summed E-state index contributed by atoms with van der Waals surface area (Å²) in [4.78, 5) is 11.9. The molecular formula is C16H20N2O3S2. The summed E-state index contributed by atoms with van der Waals surface area (Å²) in [6, 6.07) is 4.89. The van der Waals surface area contributed by atoms with Crippen LogP contribution in [-0.4, -0.2) is 19.5 Å². The summed E-state index contributed by atoms with van der Waals surface area (Å²) < 4.78 is 30.1. The van der Waals surface area contributed by atoms with Crippen molar-refractivity contribution < 1.29 is 8.42 Å². The van der Waals surface area contributed by atoms with Gasteiger partial charge in [0.2, 0.25) is 10.0 Å². The number of nitrogens with one attached hydrogen (secondary N) is 1. The molecule has 2 aliphatic carbocycles. The molecule has 0 radical (unpaired) electrons. The first-order valence-corrected chi connectivity index (χ1v) is 10.3. The molecule has 23 heavy (non-hydrogen) atoms. The molecule has 0 aliphatic heterocycles. The lowest BCUT2D eigenvalue weighted by molar-refractivity contribution is 0.333. The van der Waals surface area contributed by atoms with E-state index in [1.807, 2.05) is 0 Å². The number of hydrogen-bond acceptors (Lipinski definition) is 4. The summed E-state index contributed by atoms with van der Waals surface area (Å²) in [5.74, 6) is 2.00. The summed E-state index contributed by atoms with van der Waals surface area (Å²) in [6.07, 6.45) is 5.00. The molecule has 124 valence electrons. The number of aromatic nitrogens is 1. The molecule has 0 amide bonds. The maximum atomic E-state index is 12.5. The Bertz CT molecular complexity index is 913. The highest BCUT2D eigenvalue weighted by molar-refractivity contribution is 7.89. The van der Waals surface area contributed by atoms with Crippen molar-refractivity contribution in [2.45, 2.75) is 30.6 Å². The van der Waals surface area contributed by atoms with Crippen LogP contribution in [0.3, 0.4) is 0 Å². The molecule has 0 saturated heterocycles. The minimum atomic E-state index is -3.51. The molecule has 1 N–H and O–H groups in total. The molecule has 1 heterocycles. The largest absolute Gasteiger partial charge is 0.307 e. The Morgan fingerprint density at radius 1 is 1.30 bits per heavy atom. The first kappa shape index (κ1) is 15.4. The third-order valence-corrected chi connectivity index (χ3v) is 7.91. The minimum absolute atomic E-state index is 0.0792. The molecule has 2 aliphatic rings. The van der Waals surface area contributed by atoms with E-state index < -0.39 is 10.0 Å². The number of aryl methyl sites for hydroxylation is 1. The van der Waals surface area contributed by atoms with Crippen LogP contribution in [0.1, 0.15) is 25.7 Å². The minimum Gasteiger partial charge on any atom is -0.302 e. The molecule has 2 saturated carbocycles. The maximum absolute atomic E-state index is 12.5. The molecule has 2 aromatic rings. The van der Waals surface area contributed by atoms with Crippen LogP contribution in [-0.2, 0) is 17.1 Å². The lowest BCUT2D eigenvalue weighted by Gasteiger charge is -2.21. The summed E-state index contributed by atoms with van der Waals surface area (Å²) in [5, 5.41) is 0. The van der Waals surface area contributed by atoms with Gasteiger partial charge in [0.05, 0.1) is 15.1 Å². The van der Waals surface area contributed by atoms with Crippen molar-refractivity contribution in [3.05, 3.63) is 27.9 Å². The first-order valence-electron chi connectivity index (χ1n) is 8.03. The van der Waals surface area contributed by atoms with Crippen molar-refractivity contribution in [2.75, 3.05) is 6.54 Å². The highest BCUT2D eigenvalue weighted by Gasteiger charge is 2.39. The predicted octanol–water partition coefficient (Wildman–Crippen LogP) is 2.31. The summed E-state index contributed by atoms with van der Waals surface area (Å²) in [6.45, 7) is 0.534. The SMILES string of the molecule is Cn1c(=O)sc2cc(S(=O)(=O)NCC3CC4CCC3C4)ccc21. The highest BCUT2D eigenvalue weighted by Crippen LogP contribution is 2.48. The van der Waals surface area contributed by atoms with Crippen molar-refractivity contribution in [1.82, 2.24) is 9.29 Å². The molecule has 1 aromatic heterocycles. The standard InChI is InChI=1S/C16H20N2O3S2/c1-18-14-5-4-13(8-15(14)22-16(18)19)23(20,21)17-9-12-7-10-2-3-11(12)6-10/h4-5,8,10-12,17H,2-3,6-7,9H2,1H3. The zero-order valence-corrected chi connectivity index (χ0v) is 14.6. The van der Waals surface area contributed by atoms with Gasteiger partial charge in [-0.25, -0.2) is 13.1 Å². The van der Waals surface area contributed by atoms with Gasteiger partial charge in [0.15, 0.2) is 0 Å². The van der Waals surface area contributed by atoms with Gasteiger partial charge in [0.25, 0.3) is 0 Å². The zero-order valence-electron chi connectivity index (χ0n) is 13.0. The molecule has 3 unspecified atom stereocenters. The van der Waals surface area contributed by atoms with E-state index in [9.17, 15) is 13.2 Å². The highest BCUT2D eigenvalue weighted by atomic mass is 32.2. The van der Waals surface area contributed by atoms with E-state index in [1.165, 1.54) is 19.3 Å². The van der Waals surface area contributed by atoms with Crippen molar-refractivity contribution in [3.8, 4) is 0 Å². The van der Waals surface area contributed by atoms with Crippen LogP contribution < -0.4 is 9.60 Å². The number of nitrogens with zero attached hydrogens (tertiary/aromatic N) is 1. The van der Waals surface area contributed by atoms with Crippen LogP contribution in [0, 0.1) is 17.8 Å². The molecule has 4 rings (SSSR count). The molecule has 2 bridgehead atoms. The second kappa shape index (κ2) is 5.43. The Balaban J connectivity index is 1.55. The average molecular weight is 352 g/mol. The Morgan fingerprint density at radius 3 is 2.83 bits per heavy atom. The smallest absolute Gasteiger partial charge is 0.302 e. The van der Waals surface area contributed by atoms with E-state index in [0.717, 1.165) is 29.2 Å². The van der Waals surface area contributed by atoms with Gasteiger partial charge in [0.1, 0.15) is 0 Å². The van der Waals surface area contributed by atoms with Crippen molar-refractivity contribution in [1.29, 1.82) is 0 Å². The van der Waals surface area contributed by atoms with E-state index in [1.54, 1.807) is 29.8 Å². The van der Waals surface area contributed by atoms with Crippen LogP contribution in [0.2, 0.25) is 0 Å². The van der Waals surface area contributed by atoms with E-state index >= 15 is 0 Å². The number of benzene rings is 1. The van der Waals surface area contributed by atoms with Crippen LogP contribution in [0.5, 0.6) is 0 Å². The Morgan fingerprint density at radius 2 is 2.13 bits per heavy atom. The monoisotopic (exact) mass is 352 g/mol. The van der Waals surface area contributed by atoms with E-state index in [0.29, 0.717) is 23.1 Å². The zero-order chi connectivity index (χ0) is 16.2. The number of thiazole rings is 1. The molecule has 7 heteroatoms. The quantitative estimate of drug-likeness (QED) is 0.918. The van der Waals surface area contributed by atoms with Gasteiger partial charge in [-0.3, -0.25) is 4.79 Å². The number of rotatable bonds is 4. The first-order chi connectivity index (χ1) is 10.9. The molecular weight excluding hydrogens is 332 g/mol.